The van der Waals surface area contributed by atoms with Gasteiger partial charge in [0.25, 0.3) is 14.0 Å². The van der Waals surface area contributed by atoms with E-state index in [2.05, 4.69) is 45.0 Å². The quantitative estimate of drug-likeness (QED) is 0.287. The van der Waals surface area contributed by atoms with E-state index in [1.165, 1.54) is 16.4 Å². The third kappa shape index (κ3) is 4.08. The summed E-state index contributed by atoms with van der Waals surface area (Å²) in [6, 6.07) is 25.5. The van der Waals surface area contributed by atoms with E-state index < -0.39 is 13.2 Å². The lowest BCUT2D eigenvalue weighted by molar-refractivity contribution is -0.383. The van der Waals surface area contributed by atoms with Gasteiger partial charge in [0.2, 0.25) is 0 Å². The van der Waals surface area contributed by atoms with Gasteiger partial charge in [-0.25, -0.2) is 0 Å². The van der Waals surface area contributed by atoms with Crippen molar-refractivity contribution in [3.63, 3.8) is 0 Å². The minimum Gasteiger partial charge on any atom is -0.403 e. The number of benzene rings is 3. The summed E-state index contributed by atoms with van der Waals surface area (Å²) in [5, 5.41) is 13.3. The smallest absolute Gasteiger partial charge is 0.292 e. The Balaban J connectivity index is 2.07. The first-order valence-corrected chi connectivity index (χ1v) is 11.4. The third-order valence-electron chi connectivity index (χ3n) is 5.16. The Hall–Kier alpha value is -2.96. The highest BCUT2D eigenvalue weighted by atomic mass is 28.4. The summed E-state index contributed by atoms with van der Waals surface area (Å²) >= 11 is 0. The first-order valence-electron chi connectivity index (χ1n) is 9.53. The molecule has 150 valence electrons. The number of nitrogens with zero attached hydrogens (tertiary/aromatic N) is 1. The Morgan fingerprint density at radius 3 is 1.86 bits per heavy atom. The van der Waals surface area contributed by atoms with E-state index in [1.807, 2.05) is 36.4 Å². The number of anilines is 1. The van der Waals surface area contributed by atoms with Gasteiger partial charge in [-0.15, -0.1) is 0 Å². The molecule has 5 nitrogen and oxygen atoms in total. The molecule has 0 atom stereocenters. The summed E-state index contributed by atoms with van der Waals surface area (Å²) in [5.74, 6) is 0. The molecule has 0 saturated carbocycles. The molecule has 0 aliphatic heterocycles. The molecule has 0 heterocycles. The van der Waals surface area contributed by atoms with E-state index in [0.717, 1.165) is 5.56 Å². The summed E-state index contributed by atoms with van der Waals surface area (Å²) in [6.45, 7) is 6.96. The van der Waals surface area contributed by atoms with E-state index in [4.69, 9.17) is 10.2 Å². The standard InChI is InChI=1S/C23H26N2O3Si/c1-23(2,3)29(19-10-6-4-7-11-19,20-12-8-5-9-13-20)28-17-18-14-15-22(25(26)27)21(24)16-18/h4-16H,17,24H2,1-3H3. The van der Waals surface area contributed by atoms with Crippen molar-refractivity contribution >= 4 is 30.1 Å². The van der Waals surface area contributed by atoms with Gasteiger partial charge in [-0.05, 0) is 33.1 Å². The van der Waals surface area contributed by atoms with Crippen LogP contribution in [0, 0.1) is 10.1 Å². The lowest BCUT2D eigenvalue weighted by atomic mass is 10.2. The maximum absolute atomic E-state index is 11.1. The van der Waals surface area contributed by atoms with Crippen molar-refractivity contribution in [1.29, 1.82) is 0 Å². The van der Waals surface area contributed by atoms with Crippen molar-refractivity contribution < 1.29 is 9.35 Å². The molecule has 3 rings (SSSR count). The number of hydrogen-bond donors (Lipinski definition) is 1. The Morgan fingerprint density at radius 1 is 0.931 bits per heavy atom. The van der Waals surface area contributed by atoms with E-state index in [-0.39, 0.29) is 16.4 Å². The van der Waals surface area contributed by atoms with Crippen LogP contribution < -0.4 is 16.1 Å². The summed E-state index contributed by atoms with van der Waals surface area (Å²) in [6.07, 6.45) is 0. The first kappa shape index (κ1) is 20.8. The zero-order valence-corrected chi connectivity index (χ0v) is 18.0. The molecule has 0 saturated heterocycles. The molecule has 0 radical (unpaired) electrons. The molecule has 6 heteroatoms. The van der Waals surface area contributed by atoms with Crippen LogP contribution in [0.3, 0.4) is 0 Å². The maximum atomic E-state index is 11.1. The normalized spacial score (nSPS) is 12.0. The summed E-state index contributed by atoms with van der Waals surface area (Å²) in [7, 11) is -2.66. The van der Waals surface area contributed by atoms with Crippen LogP contribution in [-0.4, -0.2) is 13.2 Å². The fourth-order valence-corrected chi connectivity index (χ4v) is 8.35. The Kier molecular flexibility index (Phi) is 5.86. The summed E-state index contributed by atoms with van der Waals surface area (Å²) < 4.78 is 6.82. The van der Waals surface area contributed by atoms with E-state index in [1.54, 1.807) is 12.1 Å². The van der Waals surface area contributed by atoms with Crippen LogP contribution in [0.25, 0.3) is 0 Å². The fraction of sp³-hybridized carbons (Fsp3) is 0.217. The van der Waals surface area contributed by atoms with Crippen LogP contribution in [0.4, 0.5) is 11.4 Å². The second kappa shape index (κ2) is 8.19. The fourth-order valence-electron chi connectivity index (χ4n) is 3.81. The zero-order chi connectivity index (χ0) is 21.1. The highest BCUT2D eigenvalue weighted by molar-refractivity contribution is 6.99. The number of nitrogens with two attached hydrogens (primary N) is 1. The van der Waals surface area contributed by atoms with Gasteiger partial charge in [0.15, 0.2) is 0 Å². The second-order valence-corrected chi connectivity index (χ2v) is 12.4. The number of hydrogen-bond acceptors (Lipinski definition) is 4. The topological polar surface area (TPSA) is 78.4 Å². The van der Waals surface area contributed by atoms with Crippen molar-refractivity contribution in [3.05, 3.63) is 94.5 Å². The molecule has 29 heavy (non-hydrogen) atoms. The third-order valence-corrected chi connectivity index (χ3v) is 10.1. The number of nitrogen functional groups attached to an aromatic ring is 1. The highest BCUT2D eigenvalue weighted by Crippen LogP contribution is 2.37. The Labute approximate surface area is 172 Å². The summed E-state index contributed by atoms with van der Waals surface area (Å²) in [5.41, 5.74) is 6.77. The second-order valence-electron chi connectivity index (χ2n) is 8.10. The maximum Gasteiger partial charge on any atom is 0.292 e. The van der Waals surface area contributed by atoms with Gasteiger partial charge in [0.1, 0.15) is 5.69 Å². The first-order chi connectivity index (χ1) is 13.8. The number of nitro benzene ring substituents is 1. The molecule has 0 aliphatic carbocycles. The van der Waals surface area contributed by atoms with Gasteiger partial charge in [0, 0.05) is 6.07 Å². The van der Waals surface area contributed by atoms with E-state index >= 15 is 0 Å². The minimum atomic E-state index is -2.66. The van der Waals surface area contributed by atoms with Gasteiger partial charge < -0.3 is 10.2 Å². The lowest BCUT2D eigenvalue weighted by Crippen LogP contribution is -2.66. The minimum absolute atomic E-state index is 0.0841. The van der Waals surface area contributed by atoms with Crippen LogP contribution in [0.2, 0.25) is 5.04 Å². The monoisotopic (exact) mass is 406 g/mol. The van der Waals surface area contributed by atoms with Crippen molar-refractivity contribution in [1.82, 2.24) is 0 Å². The van der Waals surface area contributed by atoms with Gasteiger partial charge in [-0.1, -0.05) is 81.4 Å². The molecular formula is C23H26N2O3Si. The molecule has 3 aromatic carbocycles. The average molecular weight is 407 g/mol. The van der Waals surface area contributed by atoms with Crippen LogP contribution in [0.15, 0.2) is 78.9 Å². The van der Waals surface area contributed by atoms with Gasteiger partial charge in [0.05, 0.1) is 11.5 Å². The summed E-state index contributed by atoms with van der Waals surface area (Å²) in [4.78, 5) is 10.6. The van der Waals surface area contributed by atoms with Crippen molar-refractivity contribution in [2.24, 2.45) is 0 Å². The van der Waals surface area contributed by atoms with Crippen LogP contribution >= 0.6 is 0 Å². The van der Waals surface area contributed by atoms with Crippen LogP contribution in [0.5, 0.6) is 0 Å². The molecule has 0 spiro atoms. The Morgan fingerprint density at radius 2 is 1.45 bits per heavy atom. The zero-order valence-electron chi connectivity index (χ0n) is 17.0. The molecule has 0 unspecified atom stereocenters. The van der Waals surface area contributed by atoms with Gasteiger partial charge in [-0.3, -0.25) is 10.1 Å². The van der Waals surface area contributed by atoms with E-state index in [9.17, 15) is 10.1 Å². The molecular weight excluding hydrogens is 380 g/mol. The van der Waals surface area contributed by atoms with Crippen LogP contribution in [-0.2, 0) is 11.0 Å². The molecule has 0 bridgehead atoms. The predicted molar refractivity (Wildman–Crippen MR) is 120 cm³/mol. The highest BCUT2D eigenvalue weighted by Gasteiger charge is 2.50. The van der Waals surface area contributed by atoms with Gasteiger partial charge in [-0.2, -0.15) is 0 Å². The largest absolute Gasteiger partial charge is 0.403 e. The number of nitro groups is 1. The lowest BCUT2D eigenvalue weighted by Gasteiger charge is -2.43. The molecule has 0 amide bonds. The predicted octanol–water partition coefficient (Wildman–Crippen LogP) is 4.25. The van der Waals surface area contributed by atoms with Crippen molar-refractivity contribution in [2.45, 2.75) is 32.4 Å². The average Bonchev–Trinajstić information content (AvgIpc) is 2.69. The van der Waals surface area contributed by atoms with E-state index in [0.29, 0.717) is 6.61 Å². The molecule has 0 aromatic heterocycles. The van der Waals surface area contributed by atoms with Crippen molar-refractivity contribution in [2.75, 3.05) is 5.73 Å². The molecule has 0 fully saturated rings. The molecule has 3 aromatic rings. The number of rotatable bonds is 6. The van der Waals surface area contributed by atoms with Gasteiger partial charge >= 0.3 is 0 Å². The molecule has 0 aliphatic rings. The van der Waals surface area contributed by atoms with Crippen LogP contribution in [0.1, 0.15) is 26.3 Å². The SMILES string of the molecule is CC(C)(C)[Si](OCc1ccc([N+](=O)[O-])c(N)c1)(c1ccccc1)c1ccccc1. The molecule has 2 N–H and O–H groups in total. The Bertz CT molecular complexity index is 947. The van der Waals surface area contributed by atoms with Crippen molar-refractivity contribution in [3.8, 4) is 0 Å².